The molecule has 1 aromatic carbocycles. The van der Waals surface area contributed by atoms with Gasteiger partial charge in [-0.2, -0.15) is 0 Å². The molecule has 1 aromatic heterocycles. The van der Waals surface area contributed by atoms with Gasteiger partial charge in [0.2, 0.25) is 5.88 Å². The molecule has 130 valence electrons. The van der Waals surface area contributed by atoms with E-state index >= 15 is 0 Å². The van der Waals surface area contributed by atoms with Crippen LogP contribution in [0.1, 0.15) is 35.2 Å². The molecule has 2 heterocycles. The number of ether oxygens (including phenoxy) is 2. The maximum Gasteiger partial charge on any atom is 0.254 e. The van der Waals surface area contributed by atoms with Crippen LogP contribution in [0.5, 0.6) is 5.88 Å². The van der Waals surface area contributed by atoms with Crippen molar-refractivity contribution in [2.75, 3.05) is 13.2 Å². The number of nitrogens with zero attached hydrogens (tertiary/aromatic N) is 2. The first-order valence-corrected chi connectivity index (χ1v) is 8.86. The molecule has 2 aromatic rings. The second kappa shape index (κ2) is 7.23. The van der Waals surface area contributed by atoms with E-state index in [-0.39, 0.29) is 18.1 Å². The van der Waals surface area contributed by atoms with Crippen molar-refractivity contribution in [3.05, 3.63) is 59.8 Å². The first kappa shape index (κ1) is 16.1. The summed E-state index contributed by atoms with van der Waals surface area (Å²) in [6.07, 6.45) is 5.05. The second-order valence-electron chi connectivity index (χ2n) is 6.56. The van der Waals surface area contributed by atoms with E-state index in [2.05, 4.69) is 4.98 Å². The van der Waals surface area contributed by atoms with Crippen molar-refractivity contribution in [3.63, 3.8) is 0 Å². The lowest BCUT2D eigenvalue weighted by Gasteiger charge is -2.37. The molecule has 4 rings (SSSR count). The number of morpholine rings is 1. The minimum Gasteiger partial charge on any atom is -0.473 e. The highest BCUT2D eigenvalue weighted by Gasteiger charge is 2.38. The zero-order valence-electron chi connectivity index (χ0n) is 14.1. The van der Waals surface area contributed by atoms with Gasteiger partial charge >= 0.3 is 0 Å². The molecule has 0 N–H and O–H groups in total. The summed E-state index contributed by atoms with van der Waals surface area (Å²) in [6, 6.07) is 13.6. The number of carbonyl (C=O) groups excluding carboxylic acids is 1. The third kappa shape index (κ3) is 3.51. The van der Waals surface area contributed by atoms with Gasteiger partial charge in [-0.3, -0.25) is 4.79 Å². The maximum atomic E-state index is 13.0. The van der Waals surface area contributed by atoms with E-state index in [0.29, 0.717) is 31.2 Å². The normalized spacial score (nSPS) is 22.5. The largest absolute Gasteiger partial charge is 0.473 e. The first-order valence-electron chi connectivity index (χ1n) is 8.86. The zero-order chi connectivity index (χ0) is 17.1. The Morgan fingerprint density at radius 3 is 3.00 bits per heavy atom. The summed E-state index contributed by atoms with van der Waals surface area (Å²) in [5.74, 6) is 0.526. The van der Waals surface area contributed by atoms with Crippen molar-refractivity contribution >= 4 is 5.91 Å². The van der Waals surface area contributed by atoms with Gasteiger partial charge in [0.25, 0.3) is 5.91 Å². The Hall–Kier alpha value is -2.40. The van der Waals surface area contributed by atoms with Crippen LogP contribution in [0, 0.1) is 0 Å². The number of fused-ring (bicyclic) bond motifs is 1. The quantitative estimate of drug-likeness (QED) is 0.860. The number of benzene rings is 1. The summed E-state index contributed by atoms with van der Waals surface area (Å²) in [6.45, 7) is 1.71. The lowest BCUT2D eigenvalue weighted by Crippen LogP contribution is -2.51. The van der Waals surface area contributed by atoms with Crippen molar-refractivity contribution < 1.29 is 14.3 Å². The molecular formula is C20H22N2O3. The minimum absolute atomic E-state index is 0.0483. The summed E-state index contributed by atoms with van der Waals surface area (Å²) < 4.78 is 11.5. The number of carbonyl (C=O) groups is 1. The Balaban J connectivity index is 1.46. The van der Waals surface area contributed by atoms with Gasteiger partial charge in [0.1, 0.15) is 6.61 Å². The number of pyridine rings is 1. The lowest BCUT2D eigenvalue weighted by molar-refractivity contribution is -0.0445. The van der Waals surface area contributed by atoms with Crippen molar-refractivity contribution in [1.29, 1.82) is 0 Å². The van der Waals surface area contributed by atoms with Gasteiger partial charge in [0.05, 0.1) is 18.8 Å². The first-order chi connectivity index (χ1) is 12.3. The summed E-state index contributed by atoms with van der Waals surface area (Å²) in [4.78, 5) is 19.2. The zero-order valence-corrected chi connectivity index (χ0v) is 14.1. The number of rotatable bonds is 4. The molecule has 1 saturated heterocycles. The van der Waals surface area contributed by atoms with Gasteiger partial charge in [-0.25, -0.2) is 4.98 Å². The van der Waals surface area contributed by atoms with Gasteiger partial charge in [0.15, 0.2) is 0 Å². The molecule has 0 bridgehead atoms. The third-order valence-corrected chi connectivity index (χ3v) is 4.95. The fourth-order valence-electron chi connectivity index (χ4n) is 3.70. The number of hydrogen-bond acceptors (Lipinski definition) is 4. The van der Waals surface area contributed by atoms with E-state index in [1.54, 1.807) is 18.3 Å². The van der Waals surface area contributed by atoms with Crippen LogP contribution < -0.4 is 4.74 Å². The van der Waals surface area contributed by atoms with Gasteiger partial charge in [-0.1, -0.05) is 30.3 Å². The highest BCUT2D eigenvalue weighted by Crippen LogP contribution is 2.30. The minimum atomic E-state index is 0.0483. The topological polar surface area (TPSA) is 51.7 Å². The fourth-order valence-corrected chi connectivity index (χ4v) is 3.70. The van der Waals surface area contributed by atoms with E-state index in [4.69, 9.17) is 9.47 Å². The maximum absolute atomic E-state index is 13.0. The summed E-state index contributed by atoms with van der Waals surface area (Å²) >= 11 is 0. The van der Waals surface area contributed by atoms with Crippen LogP contribution in [-0.2, 0) is 11.3 Å². The second-order valence-corrected chi connectivity index (χ2v) is 6.56. The number of amides is 1. The predicted molar refractivity (Wildman–Crippen MR) is 93.4 cm³/mol. The van der Waals surface area contributed by atoms with Gasteiger partial charge < -0.3 is 14.4 Å². The lowest BCUT2D eigenvalue weighted by atomic mass is 10.1. The average molecular weight is 338 g/mol. The van der Waals surface area contributed by atoms with Crippen LogP contribution in [0.15, 0.2) is 48.7 Å². The van der Waals surface area contributed by atoms with Crippen LogP contribution in [0.2, 0.25) is 0 Å². The smallest absolute Gasteiger partial charge is 0.254 e. The molecule has 5 heteroatoms. The molecule has 1 aliphatic carbocycles. The molecule has 0 radical (unpaired) electrons. The van der Waals surface area contributed by atoms with E-state index < -0.39 is 0 Å². The molecule has 1 amide bonds. The third-order valence-electron chi connectivity index (χ3n) is 4.95. The van der Waals surface area contributed by atoms with Crippen LogP contribution >= 0.6 is 0 Å². The highest BCUT2D eigenvalue weighted by molar-refractivity contribution is 5.94. The van der Waals surface area contributed by atoms with Crippen molar-refractivity contribution in [2.24, 2.45) is 0 Å². The summed E-state index contributed by atoms with van der Waals surface area (Å²) in [5, 5.41) is 0. The summed E-state index contributed by atoms with van der Waals surface area (Å²) in [5.41, 5.74) is 1.70. The molecule has 25 heavy (non-hydrogen) atoms. The van der Waals surface area contributed by atoms with Crippen molar-refractivity contribution in [1.82, 2.24) is 9.88 Å². The Morgan fingerprint density at radius 1 is 1.24 bits per heavy atom. The SMILES string of the molecule is O=C(c1ccnc(OCc2ccccc2)c1)N1CCOC2CCCC21. The van der Waals surface area contributed by atoms with Crippen LogP contribution in [0.25, 0.3) is 0 Å². The van der Waals surface area contributed by atoms with Crippen LogP contribution in [0.4, 0.5) is 0 Å². The molecular weight excluding hydrogens is 316 g/mol. The standard InChI is InChI=1S/C20H22N2O3/c23-20(22-11-12-24-18-8-4-7-17(18)22)16-9-10-21-19(13-16)25-14-15-5-2-1-3-6-15/h1-3,5-6,9-10,13,17-18H,4,7-8,11-12,14H2. The Kier molecular flexibility index (Phi) is 4.65. The Bertz CT molecular complexity index is 735. The molecule has 2 unspecified atom stereocenters. The average Bonchev–Trinajstić information content (AvgIpc) is 3.16. The molecule has 5 nitrogen and oxygen atoms in total. The van der Waals surface area contributed by atoms with Gasteiger partial charge in [0, 0.05) is 24.4 Å². The van der Waals surface area contributed by atoms with E-state index in [9.17, 15) is 4.79 Å². The molecule has 2 atom stereocenters. The molecule has 1 aliphatic heterocycles. The van der Waals surface area contributed by atoms with Crippen LogP contribution in [0.3, 0.4) is 0 Å². The predicted octanol–water partition coefficient (Wildman–Crippen LogP) is 3.05. The molecule has 2 aliphatic rings. The van der Waals surface area contributed by atoms with Crippen molar-refractivity contribution in [3.8, 4) is 5.88 Å². The van der Waals surface area contributed by atoms with E-state index in [1.807, 2.05) is 35.2 Å². The Morgan fingerprint density at radius 2 is 2.12 bits per heavy atom. The molecule has 1 saturated carbocycles. The Labute approximate surface area is 147 Å². The van der Waals surface area contributed by atoms with Crippen LogP contribution in [-0.4, -0.2) is 41.1 Å². The van der Waals surface area contributed by atoms with Gasteiger partial charge in [-0.05, 0) is 30.9 Å². The fraction of sp³-hybridized carbons (Fsp3) is 0.400. The van der Waals surface area contributed by atoms with E-state index in [1.165, 1.54) is 0 Å². The van der Waals surface area contributed by atoms with E-state index in [0.717, 1.165) is 24.8 Å². The molecule has 0 spiro atoms. The van der Waals surface area contributed by atoms with Crippen molar-refractivity contribution in [2.45, 2.75) is 38.0 Å². The highest BCUT2D eigenvalue weighted by atomic mass is 16.5. The number of hydrogen-bond donors (Lipinski definition) is 0. The van der Waals surface area contributed by atoms with Gasteiger partial charge in [-0.15, -0.1) is 0 Å². The monoisotopic (exact) mass is 338 g/mol. The summed E-state index contributed by atoms with van der Waals surface area (Å²) in [7, 11) is 0. The number of aromatic nitrogens is 1. The molecule has 2 fully saturated rings.